The van der Waals surface area contributed by atoms with Gasteiger partial charge in [0.05, 0.1) is 12.8 Å². The molecule has 1 N–H and O–H groups in total. The van der Waals surface area contributed by atoms with Gasteiger partial charge >= 0.3 is 5.97 Å². The van der Waals surface area contributed by atoms with Crippen LogP contribution in [0, 0.1) is 0 Å². The Morgan fingerprint density at radius 1 is 1.33 bits per heavy atom. The Hall–Kier alpha value is -2.30. The van der Waals surface area contributed by atoms with Crippen molar-refractivity contribution >= 4 is 28.5 Å². The average molecular weight is 246 g/mol. The van der Waals surface area contributed by atoms with Crippen molar-refractivity contribution in [2.75, 3.05) is 12.4 Å². The second-order valence-electron chi connectivity index (χ2n) is 3.97. The molecule has 94 valence electrons. The molecule has 0 atom stereocenters. The molecular formula is C13H14N2O3. The van der Waals surface area contributed by atoms with E-state index in [4.69, 9.17) is 0 Å². The van der Waals surface area contributed by atoms with Crippen molar-refractivity contribution in [2.24, 2.45) is 7.05 Å². The van der Waals surface area contributed by atoms with Crippen molar-refractivity contribution in [1.29, 1.82) is 0 Å². The zero-order valence-corrected chi connectivity index (χ0v) is 10.3. The molecule has 0 radical (unpaired) electrons. The molecule has 5 nitrogen and oxygen atoms in total. The lowest BCUT2D eigenvalue weighted by molar-refractivity contribution is -0.142. The van der Waals surface area contributed by atoms with Crippen molar-refractivity contribution < 1.29 is 14.3 Å². The summed E-state index contributed by atoms with van der Waals surface area (Å²) in [7, 11) is 3.16. The average Bonchev–Trinajstić information content (AvgIpc) is 2.67. The molecule has 0 spiro atoms. The van der Waals surface area contributed by atoms with E-state index in [1.54, 1.807) is 0 Å². The standard InChI is InChI=1S/C13H14N2O3/c1-15-8-10(9-5-3-4-6-11(9)15)14-12(16)7-13(17)18-2/h3-6,8H,7H2,1-2H3,(H,14,16). The Morgan fingerprint density at radius 2 is 2.06 bits per heavy atom. The normalized spacial score (nSPS) is 10.3. The molecule has 5 heteroatoms. The van der Waals surface area contributed by atoms with Crippen LogP contribution in [0.4, 0.5) is 5.69 Å². The summed E-state index contributed by atoms with van der Waals surface area (Å²) < 4.78 is 6.37. The van der Waals surface area contributed by atoms with E-state index in [-0.39, 0.29) is 12.3 Å². The molecule has 1 heterocycles. The highest BCUT2D eigenvalue weighted by atomic mass is 16.5. The number of rotatable bonds is 3. The molecule has 0 aliphatic carbocycles. The Kier molecular flexibility index (Phi) is 3.32. The van der Waals surface area contributed by atoms with Crippen molar-refractivity contribution in [2.45, 2.75) is 6.42 Å². The molecule has 2 rings (SSSR count). The molecule has 18 heavy (non-hydrogen) atoms. The summed E-state index contributed by atoms with van der Waals surface area (Å²) >= 11 is 0. The highest BCUT2D eigenvalue weighted by Crippen LogP contribution is 2.24. The predicted octanol–water partition coefficient (Wildman–Crippen LogP) is 1.68. The molecule has 0 saturated carbocycles. The number of amides is 1. The first-order valence-corrected chi connectivity index (χ1v) is 5.52. The van der Waals surface area contributed by atoms with Crippen LogP contribution in [0.25, 0.3) is 10.9 Å². The zero-order chi connectivity index (χ0) is 13.1. The fourth-order valence-electron chi connectivity index (χ4n) is 1.84. The van der Waals surface area contributed by atoms with Crippen molar-refractivity contribution in [1.82, 2.24) is 4.57 Å². The maximum atomic E-state index is 11.6. The number of fused-ring (bicyclic) bond motifs is 1. The lowest BCUT2D eigenvalue weighted by Crippen LogP contribution is -2.17. The maximum absolute atomic E-state index is 11.6. The highest BCUT2D eigenvalue weighted by molar-refractivity contribution is 6.06. The number of aromatic nitrogens is 1. The molecule has 2 aromatic rings. The van der Waals surface area contributed by atoms with Crippen molar-refractivity contribution in [3.8, 4) is 0 Å². The topological polar surface area (TPSA) is 60.3 Å². The smallest absolute Gasteiger partial charge is 0.315 e. The first-order chi connectivity index (χ1) is 8.61. The number of hydrogen-bond donors (Lipinski definition) is 1. The summed E-state index contributed by atoms with van der Waals surface area (Å²) in [5, 5.41) is 3.65. The van der Waals surface area contributed by atoms with Gasteiger partial charge in [0.2, 0.25) is 5.91 Å². The van der Waals surface area contributed by atoms with E-state index in [1.165, 1.54) is 7.11 Å². The lowest BCUT2D eigenvalue weighted by atomic mass is 10.2. The van der Waals surface area contributed by atoms with Crippen LogP contribution < -0.4 is 5.32 Å². The molecule has 0 bridgehead atoms. The Balaban J connectivity index is 2.22. The van der Waals surface area contributed by atoms with Crippen molar-refractivity contribution in [3.63, 3.8) is 0 Å². The van der Waals surface area contributed by atoms with Crippen LogP contribution in [-0.2, 0) is 21.4 Å². The summed E-state index contributed by atoms with van der Waals surface area (Å²) in [5.74, 6) is -0.925. The second kappa shape index (κ2) is 4.91. The number of ether oxygens (including phenoxy) is 1. The Labute approximate surface area is 104 Å². The maximum Gasteiger partial charge on any atom is 0.315 e. The number of para-hydroxylation sites is 1. The number of benzene rings is 1. The van der Waals surface area contributed by atoms with Crippen molar-refractivity contribution in [3.05, 3.63) is 30.5 Å². The molecule has 1 amide bonds. The number of nitrogens with zero attached hydrogens (tertiary/aromatic N) is 1. The largest absolute Gasteiger partial charge is 0.469 e. The third-order valence-corrected chi connectivity index (χ3v) is 2.70. The van der Waals surface area contributed by atoms with Crippen LogP contribution >= 0.6 is 0 Å². The minimum atomic E-state index is -0.548. The monoisotopic (exact) mass is 246 g/mol. The quantitative estimate of drug-likeness (QED) is 0.662. The molecule has 0 fully saturated rings. The summed E-state index contributed by atoms with van der Waals surface area (Å²) in [5.41, 5.74) is 1.72. The summed E-state index contributed by atoms with van der Waals surface area (Å²) in [6.45, 7) is 0. The molecular weight excluding hydrogens is 232 g/mol. The SMILES string of the molecule is COC(=O)CC(=O)Nc1cn(C)c2ccccc12. The summed E-state index contributed by atoms with van der Waals surface area (Å²) in [6, 6.07) is 7.72. The number of esters is 1. The van der Waals surface area contributed by atoms with Gasteiger partial charge in [-0.1, -0.05) is 18.2 Å². The van der Waals surface area contributed by atoms with E-state index in [9.17, 15) is 9.59 Å². The molecule has 0 aliphatic rings. The first-order valence-electron chi connectivity index (χ1n) is 5.52. The third-order valence-electron chi connectivity index (χ3n) is 2.70. The van der Waals surface area contributed by atoms with Crippen LogP contribution in [-0.4, -0.2) is 23.6 Å². The van der Waals surface area contributed by atoms with E-state index < -0.39 is 5.97 Å². The number of methoxy groups -OCH3 is 1. The number of hydrogen-bond acceptors (Lipinski definition) is 3. The van der Waals surface area contributed by atoms with E-state index in [0.29, 0.717) is 5.69 Å². The third kappa shape index (κ3) is 2.34. The first kappa shape index (κ1) is 12.2. The van der Waals surface area contributed by atoms with Gasteiger partial charge in [-0.2, -0.15) is 0 Å². The summed E-state index contributed by atoms with van der Waals surface area (Å²) in [4.78, 5) is 22.6. The van der Waals surface area contributed by atoms with E-state index >= 15 is 0 Å². The fraction of sp³-hybridized carbons (Fsp3) is 0.231. The minimum Gasteiger partial charge on any atom is -0.469 e. The number of nitrogens with one attached hydrogen (secondary N) is 1. The molecule has 0 saturated heterocycles. The van der Waals surface area contributed by atoms with Gasteiger partial charge in [0.25, 0.3) is 0 Å². The number of aryl methyl sites for hydroxylation is 1. The number of carbonyl (C=O) groups is 2. The van der Waals surface area contributed by atoms with E-state index in [2.05, 4.69) is 10.1 Å². The van der Waals surface area contributed by atoms with Gasteiger partial charge in [-0.05, 0) is 6.07 Å². The number of anilines is 1. The van der Waals surface area contributed by atoms with Crippen LogP contribution in [0.3, 0.4) is 0 Å². The molecule has 1 aromatic carbocycles. The van der Waals surface area contributed by atoms with E-state index in [1.807, 2.05) is 42.1 Å². The lowest BCUT2D eigenvalue weighted by Gasteiger charge is -2.02. The van der Waals surface area contributed by atoms with Crippen LogP contribution in [0.2, 0.25) is 0 Å². The molecule has 0 aliphatic heterocycles. The summed E-state index contributed by atoms with van der Waals surface area (Å²) in [6.07, 6.45) is 1.54. The fourth-order valence-corrected chi connectivity index (χ4v) is 1.84. The van der Waals surface area contributed by atoms with Gasteiger partial charge in [-0.25, -0.2) is 0 Å². The van der Waals surface area contributed by atoms with Gasteiger partial charge in [0.15, 0.2) is 0 Å². The minimum absolute atomic E-state index is 0.278. The predicted molar refractivity (Wildman–Crippen MR) is 68.2 cm³/mol. The molecule has 0 unspecified atom stereocenters. The van der Waals surface area contributed by atoms with Gasteiger partial charge in [0.1, 0.15) is 6.42 Å². The van der Waals surface area contributed by atoms with Crippen LogP contribution in [0.15, 0.2) is 30.5 Å². The van der Waals surface area contributed by atoms with E-state index in [0.717, 1.165) is 10.9 Å². The van der Waals surface area contributed by atoms with Gasteiger partial charge in [-0.15, -0.1) is 0 Å². The van der Waals surface area contributed by atoms with Gasteiger partial charge in [0, 0.05) is 24.1 Å². The Bertz CT molecular complexity index is 601. The molecule has 1 aromatic heterocycles. The number of carbonyl (C=O) groups excluding carboxylic acids is 2. The zero-order valence-electron chi connectivity index (χ0n) is 10.3. The highest BCUT2D eigenvalue weighted by Gasteiger charge is 2.12. The van der Waals surface area contributed by atoms with Crippen LogP contribution in [0.5, 0.6) is 0 Å². The second-order valence-corrected chi connectivity index (χ2v) is 3.97. The van der Waals surface area contributed by atoms with Gasteiger partial charge in [-0.3, -0.25) is 9.59 Å². The van der Waals surface area contributed by atoms with Crippen LogP contribution in [0.1, 0.15) is 6.42 Å². The van der Waals surface area contributed by atoms with Gasteiger partial charge < -0.3 is 14.6 Å². The Morgan fingerprint density at radius 3 is 2.78 bits per heavy atom.